The number of methoxy groups -OCH3 is 1. The van der Waals surface area contributed by atoms with Gasteiger partial charge in [-0.3, -0.25) is 9.59 Å². The molecule has 4 nitrogen and oxygen atoms in total. The first-order valence-corrected chi connectivity index (χ1v) is 3.50. The van der Waals surface area contributed by atoms with Gasteiger partial charge in [-0.2, -0.15) is 0 Å². The van der Waals surface area contributed by atoms with Crippen LogP contribution in [0.15, 0.2) is 0 Å². The molecule has 0 spiro atoms. The molecule has 0 fully saturated rings. The minimum atomic E-state index is -0.625. The van der Waals surface area contributed by atoms with Crippen molar-refractivity contribution >= 4 is 23.5 Å². The average Bonchev–Trinajstić information content (AvgIpc) is 1.99. The number of carbonyl (C=O) groups excluding carboxylic acids is 2. The summed E-state index contributed by atoms with van der Waals surface area (Å²) in [7, 11) is 1.25. The summed E-state index contributed by atoms with van der Waals surface area (Å²) >= 11 is 5.39. The summed E-state index contributed by atoms with van der Waals surface area (Å²) in [5, 5.41) is 1.66. The highest BCUT2D eigenvalue weighted by Gasteiger charge is 2.09. The molecule has 11 heavy (non-hydrogen) atoms. The molecule has 0 aromatic heterocycles. The Labute approximate surface area is 69.9 Å². The first-order valence-electron chi connectivity index (χ1n) is 3.06. The van der Waals surface area contributed by atoms with Crippen LogP contribution in [0, 0.1) is 0 Å². The molecule has 0 aliphatic carbocycles. The standard InChI is InChI=1S/C6H10ClNO3/c1-4(7)6(10)8-3-5(9)11-2/h4H,3H2,1-2H3,(H,8,10). The van der Waals surface area contributed by atoms with E-state index in [1.165, 1.54) is 14.0 Å². The van der Waals surface area contributed by atoms with Gasteiger partial charge in [-0.1, -0.05) is 0 Å². The van der Waals surface area contributed by atoms with E-state index in [-0.39, 0.29) is 12.5 Å². The van der Waals surface area contributed by atoms with Crippen LogP contribution in [0.1, 0.15) is 6.92 Å². The Hall–Kier alpha value is -0.770. The van der Waals surface area contributed by atoms with Crippen molar-refractivity contribution in [1.29, 1.82) is 0 Å². The minimum absolute atomic E-state index is 0.133. The van der Waals surface area contributed by atoms with E-state index in [0.29, 0.717) is 0 Å². The summed E-state index contributed by atoms with van der Waals surface area (Å²) in [6, 6.07) is 0. The van der Waals surface area contributed by atoms with E-state index < -0.39 is 11.3 Å². The highest BCUT2D eigenvalue weighted by molar-refractivity contribution is 6.30. The van der Waals surface area contributed by atoms with Gasteiger partial charge in [0.2, 0.25) is 5.91 Å². The quantitative estimate of drug-likeness (QED) is 0.487. The van der Waals surface area contributed by atoms with Crippen LogP contribution >= 0.6 is 11.6 Å². The molecule has 0 radical (unpaired) electrons. The molecule has 0 saturated carbocycles. The van der Waals surface area contributed by atoms with Crippen LogP contribution in [0.25, 0.3) is 0 Å². The maximum atomic E-state index is 10.7. The lowest BCUT2D eigenvalue weighted by molar-refractivity contribution is -0.141. The van der Waals surface area contributed by atoms with Crippen LogP contribution < -0.4 is 5.32 Å². The fourth-order valence-corrected chi connectivity index (χ4v) is 0.449. The number of nitrogens with one attached hydrogen (secondary N) is 1. The number of alkyl halides is 1. The summed E-state index contributed by atoms with van der Waals surface area (Å²) < 4.78 is 4.28. The van der Waals surface area contributed by atoms with Crippen molar-refractivity contribution in [2.45, 2.75) is 12.3 Å². The van der Waals surface area contributed by atoms with E-state index in [9.17, 15) is 9.59 Å². The van der Waals surface area contributed by atoms with Crippen LogP contribution in [0.4, 0.5) is 0 Å². The number of hydrogen-bond donors (Lipinski definition) is 1. The number of carbonyl (C=O) groups is 2. The van der Waals surface area contributed by atoms with Gasteiger partial charge in [0.25, 0.3) is 0 Å². The van der Waals surface area contributed by atoms with Crippen molar-refractivity contribution in [1.82, 2.24) is 5.32 Å². The van der Waals surface area contributed by atoms with E-state index in [4.69, 9.17) is 11.6 Å². The smallest absolute Gasteiger partial charge is 0.325 e. The molecule has 0 heterocycles. The van der Waals surface area contributed by atoms with Gasteiger partial charge in [-0.15, -0.1) is 11.6 Å². The Morgan fingerprint density at radius 2 is 2.18 bits per heavy atom. The first-order chi connectivity index (χ1) is 5.07. The van der Waals surface area contributed by atoms with Crippen molar-refractivity contribution in [3.8, 4) is 0 Å². The molecule has 0 aromatic carbocycles. The van der Waals surface area contributed by atoms with Crippen LogP contribution in [-0.4, -0.2) is 30.9 Å². The normalized spacial score (nSPS) is 11.9. The third-order valence-electron chi connectivity index (χ3n) is 0.996. The second-order valence-electron chi connectivity index (χ2n) is 1.91. The number of ether oxygens (including phenoxy) is 1. The molecule has 0 saturated heterocycles. The van der Waals surface area contributed by atoms with E-state index in [1.54, 1.807) is 0 Å². The zero-order valence-electron chi connectivity index (χ0n) is 6.39. The van der Waals surface area contributed by atoms with Gasteiger partial charge in [0.1, 0.15) is 11.9 Å². The molecule has 1 N–H and O–H groups in total. The summed E-state index contributed by atoms with van der Waals surface area (Å²) in [6.07, 6.45) is 0. The molecule has 5 heteroatoms. The highest BCUT2D eigenvalue weighted by atomic mass is 35.5. The molecule has 0 rings (SSSR count). The van der Waals surface area contributed by atoms with Crippen LogP contribution in [0.5, 0.6) is 0 Å². The molecule has 0 aromatic rings. The molecular weight excluding hydrogens is 170 g/mol. The van der Waals surface area contributed by atoms with Gasteiger partial charge in [0, 0.05) is 0 Å². The molecule has 64 valence electrons. The lowest BCUT2D eigenvalue weighted by Gasteiger charge is -2.03. The van der Waals surface area contributed by atoms with E-state index in [0.717, 1.165) is 0 Å². The highest BCUT2D eigenvalue weighted by Crippen LogP contribution is 1.91. The van der Waals surface area contributed by atoms with Crippen molar-refractivity contribution in [2.75, 3.05) is 13.7 Å². The third-order valence-corrected chi connectivity index (χ3v) is 1.19. The number of esters is 1. The Bertz CT molecular complexity index is 158. The summed E-state index contributed by atoms with van der Waals surface area (Å²) in [5.74, 6) is -0.868. The van der Waals surface area contributed by atoms with Crippen LogP contribution in [-0.2, 0) is 14.3 Å². The number of rotatable bonds is 3. The van der Waals surface area contributed by atoms with Gasteiger partial charge >= 0.3 is 5.97 Å². The van der Waals surface area contributed by atoms with Gasteiger partial charge in [-0.25, -0.2) is 0 Å². The predicted octanol–water partition coefficient (Wildman–Crippen LogP) is -0.0971. The molecule has 0 aliphatic rings. The van der Waals surface area contributed by atoms with Crippen LogP contribution in [0.3, 0.4) is 0 Å². The predicted molar refractivity (Wildman–Crippen MR) is 40.3 cm³/mol. The van der Waals surface area contributed by atoms with Crippen LogP contribution in [0.2, 0.25) is 0 Å². The van der Waals surface area contributed by atoms with Crippen molar-refractivity contribution < 1.29 is 14.3 Å². The lowest BCUT2D eigenvalue weighted by atomic mass is 10.4. The van der Waals surface area contributed by atoms with Gasteiger partial charge < -0.3 is 10.1 Å². The number of hydrogen-bond acceptors (Lipinski definition) is 3. The monoisotopic (exact) mass is 179 g/mol. The van der Waals surface area contributed by atoms with Crippen molar-refractivity contribution in [3.05, 3.63) is 0 Å². The molecule has 1 amide bonds. The minimum Gasteiger partial charge on any atom is -0.468 e. The Balaban J connectivity index is 3.54. The first kappa shape index (κ1) is 10.2. The SMILES string of the molecule is COC(=O)CNC(=O)C(C)Cl. The molecular formula is C6H10ClNO3. The second-order valence-corrected chi connectivity index (χ2v) is 2.56. The topological polar surface area (TPSA) is 55.4 Å². The number of halogens is 1. The maximum Gasteiger partial charge on any atom is 0.325 e. The van der Waals surface area contributed by atoms with Crippen molar-refractivity contribution in [2.24, 2.45) is 0 Å². The molecule has 0 bridgehead atoms. The van der Waals surface area contributed by atoms with Gasteiger partial charge in [0.05, 0.1) is 7.11 Å². The van der Waals surface area contributed by atoms with Gasteiger partial charge in [0.15, 0.2) is 0 Å². The van der Waals surface area contributed by atoms with E-state index >= 15 is 0 Å². The van der Waals surface area contributed by atoms with E-state index in [2.05, 4.69) is 10.1 Å². The third kappa shape index (κ3) is 4.61. The zero-order valence-corrected chi connectivity index (χ0v) is 7.14. The maximum absolute atomic E-state index is 10.7. The Morgan fingerprint density at radius 3 is 2.55 bits per heavy atom. The molecule has 1 unspecified atom stereocenters. The average molecular weight is 180 g/mol. The second kappa shape index (κ2) is 4.96. The Morgan fingerprint density at radius 1 is 1.64 bits per heavy atom. The fourth-order valence-electron chi connectivity index (χ4n) is 0.372. The summed E-state index contributed by atoms with van der Waals surface area (Å²) in [5.41, 5.74) is 0. The zero-order chi connectivity index (χ0) is 8.85. The van der Waals surface area contributed by atoms with Crippen molar-refractivity contribution in [3.63, 3.8) is 0 Å². The lowest BCUT2D eigenvalue weighted by Crippen LogP contribution is -2.34. The fraction of sp³-hybridized carbons (Fsp3) is 0.667. The summed E-state index contributed by atoms with van der Waals surface area (Å²) in [6.45, 7) is 1.39. The number of amides is 1. The molecule has 1 atom stereocenters. The van der Waals surface area contributed by atoms with Gasteiger partial charge in [-0.05, 0) is 6.92 Å². The summed E-state index contributed by atoms with van der Waals surface area (Å²) in [4.78, 5) is 21.2. The van der Waals surface area contributed by atoms with E-state index in [1.807, 2.05) is 0 Å². The molecule has 0 aliphatic heterocycles. The largest absolute Gasteiger partial charge is 0.468 e. The Kier molecular flexibility index (Phi) is 4.61.